The van der Waals surface area contributed by atoms with Gasteiger partial charge in [-0.1, -0.05) is 23.7 Å². The quantitative estimate of drug-likeness (QED) is 0.781. The summed E-state index contributed by atoms with van der Waals surface area (Å²) in [6.07, 6.45) is 0. The van der Waals surface area contributed by atoms with Crippen LogP contribution < -0.4 is 14.8 Å². The van der Waals surface area contributed by atoms with Crippen LogP contribution in [0.3, 0.4) is 0 Å². The third-order valence-electron chi connectivity index (χ3n) is 3.30. The molecule has 0 bridgehead atoms. The fourth-order valence-electron chi connectivity index (χ4n) is 2.08. The molecule has 0 saturated heterocycles. The maximum atomic E-state index is 11.9. The van der Waals surface area contributed by atoms with Crippen LogP contribution in [0.15, 0.2) is 42.5 Å². The predicted octanol–water partition coefficient (Wildman–Crippen LogP) is 3.25. The SMILES string of the molecule is COc1ccc(OCC(=O)NCc2cccc(Cl)c2)c(C(C)=O)c1. The van der Waals surface area contributed by atoms with Crippen LogP contribution in [0.2, 0.25) is 5.02 Å². The van der Waals surface area contributed by atoms with Crippen LogP contribution in [-0.4, -0.2) is 25.4 Å². The maximum Gasteiger partial charge on any atom is 0.258 e. The second-order valence-corrected chi connectivity index (χ2v) is 5.55. The van der Waals surface area contributed by atoms with E-state index in [1.165, 1.54) is 14.0 Å². The summed E-state index contributed by atoms with van der Waals surface area (Å²) in [5.41, 5.74) is 1.27. The zero-order chi connectivity index (χ0) is 17.5. The molecule has 0 aliphatic heterocycles. The Hall–Kier alpha value is -2.53. The number of ether oxygens (including phenoxy) is 2. The van der Waals surface area contributed by atoms with E-state index in [0.29, 0.717) is 28.6 Å². The molecule has 2 aromatic rings. The van der Waals surface area contributed by atoms with Gasteiger partial charge in [-0.2, -0.15) is 0 Å². The highest BCUT2D eigenvalue weighted by Crippen LogP contribution is 2.24. The van der Waals surface area contributed by atoms with E-state index in [0.717, 1.165) is 5.56 Å². The molecule has 2 aromatic carbocycles. The number of hydrogen-bond acceptors (Lipinski definition) is 4. The van der Waals surface area contributed by atoms with Crippen molar-refractivity contribution in [3.8, 4) is 11.5 Å². The first-order valence-electron chi connectivity index (χ1n) is 7.32. The van der Waals surface area contributed by atoms with Gasteiger partial charge in [-0.15, -0.1) is 0 Å². The number of nitrogens with one attached hydrogen (secondary N) is 1. The highest BCUT2D eigenvalue weighted by molar-refractivity contribution is 6.30. The Labute approximate surface area is 145 Å². The monoisotopic (exact) mass is 347 g/mol. The lowest BCUT2D eigenvalue weighted by Gasteiger charge is -2.11. The zero-order valence-electron chi connectivity index (χ0n) is 13.5. The van der Waals surface area contributed by atoms with Gasteiger partial charge in [-0.3, -0.25) is 9.59 Å². The first kappa shape index (κ1) is 17.8. The third kappa shape index (κ3) is 4.99. The van der Waals surface area contributed by atoms with Crippen LogP contribution in [0.5, 0.6) is 11.5 Å². The van der Waals surface area contributed by atoms with Crippen LogP contribution in [0.1, 0.15) is 22.8 Å². The first-order valence-corrected chi connectivity index (χ1v) is 7.70. The Kier molecular flexibility index (Phi) is 6.21. The highest BCUT2D eigenvalue weighted by atomic mass is 35.5. The van der Waals surface area contributed by atoms with Gasteiger partial charge in [0.2, 0.25) is 0 Å². The molecule has 0 aliphatic carbocycles. The number of benzene rings is 2. The lowest BCUT2D eigenvalue weighted by Crippen LogP contribution is -2.28. The Bertz CT molecular complexity index is 746. The molecular formula is C18H18ClNO4. The molecule has 0 fully saturated rings. The van der Waals surface area contributed by atoms with E-state index < -0.39 is 0 Å². The van der Waals surface area contributed by atoms with Crippen molar-refractivity contribution in [2.24, 2.45) is 0 Å². The molecule has 0 atom stereocenters. The molecule has 0 unspecified atom stereocenters. The van der Waals surface area contributed by atoms with E-state index in [4.69, 9.17) is 21.1 Å². The molecule has 0 aliphatic rings. The fourth-order valence-corrected chi connectivity index (χ4v) is 2.29. The van der Waals surface area contributed by atoms with Gasteiger partial charge in [0.1, 0.15) is 11.5 Å². The number of carbonyl (C=O) groups is 2. The van der Waals surface area contributed by atoms with Crippen molar-refractivity contribution in [2.75, 3.05) is 13.7 Å². The number of rotatable bonds is 7. The Morgan fingerprint density at radius 3 is 2.62 bits per heavy atom. The van der Waals surface area contributed by atoms with E-state index in [9.17, 15) is 9.59 Å². The largest absolute Gasteiger partial charge is 0.497 e. The second-order valence-electron chi connectivity index (χ2n) is 5.11. The van der Waals surface area contributed by atoms with E-state index in [-0.39, 0.29) is 18.3 Å². The summed E-state index contributed by atoms with van der Waals surface area (Å²) in [5.74, 6) is 0.447. The number of ketones is 1. The number of Topliss-reactive ketones (excluding diaryl/α,β-unsaturated/α-hetero) is 1. The molecule has 0 saturated carbocycles. The molecule has 1 amide bonds. The first-order chi connectivity index (χ1) is 11.5. The Balaban J connectivity index is 1.93. The fraction of sp³-hybridized carbons (Fsp3) is 0.222. The standard InChI is InChI=1S/C18H18ClNO4/c1-12(21)16-9-15(23-2)6-7-17(16)24-11-18(22)20-10-13-4-3-5-14(19)8-13/h3-9H,10-11H2,1-2H3,(H,20,22). The predicted molar refractivity (Wildman–Crippen MR) is 91.8 cm³/mol. The van der Waals surface area contributed by atoms with Gasteiger partial charge >= 0.3 is 0 Å². The smallest absolute Gasteiger partial charge is 0.258 e. The van der Waals surface area contributed by atoms with Gasteiger partial charge in [-0.25, -0.2) is 0 Å². The van der Waals surface area contributed by atoms with Crippen LogP contribution in [0, 0.1) is 0 Å². The van der Waals surface area contributed by atoms with Gasteiger partial charge in [0.05, 0.1) is 12.7 Å². The van der Waals surface area contributed by atoms with Crippen molar-refractivity contribution < 1.29 is 19.1 Å². The molecule has 24 heavy (non-hydrogen) atoms. The van der Waals surface area contributed by atoms with Crippen molar-refractivity contribution >= 4 is 23.3 Å². The second kappa shape index (κ2) is 8.36. The summed E-state index contributed by atoms with van der Waals surface area (Å²) in [4.78, 5) is 23.6. The summed E-state index contributed by atoms with van der Waals surface area (Å²) in [6.45, 7) is 1.60. The molecule has 0 heterocycles. The summed E-state index contributed by atoms with van der Waals surface area (Å²) >= 11 is 5.89. The summed E-state index contributed by atoms with van der Waals surface area (Å²) in [6, 6.07) is 12.1. The molecule has 6 heteroatoms. The zero-order valence-corrected chi connectivity index (χ0v) is 14.2. The van der Waals surface area contributed by atoms with Crippen molar-refractivity contribution in [2.45, 2.75) is 13.5 Å². The molecule has 0 radical (unpaired) electrons. The Morgan fingerprint density at radius 2 is 1.96 bits per heavy atom. The minimum atomic E-state index is -0.291. The molecule has 5 nitrogen and oxygen atoms in total. The summed E-state index contributed by atoms with van der Waals surface area (Å²) < 4.78 is 10.5. The van der Waals surface area contributed by atoms with Gasteiger partial charge in [-0.05, 0) is 42.8 Å². The number of amides is 1. The van der Waals surface area contributed by atoms with Gasteiger partial charge in [0.15, 0.2) is 12.4 Å². The van der Waals surface area contributed by atoms with E-state index >= 15 is 0 Å². The van der Waals surface area contributed by atoms with Crippen LogP contribution in [0.4, 0.5) is 0 Å². The van der Waals surface area contributed by atoms with E-state index in [1.54, 1.807) is 30.3 Å². The molecular weight excluding hydrogens is 330 g/mol. The van der Waals surface area contributed by atoms with E-state index in [2.05, 4.69) is 5.32 Å². The van der Waals surface area contributed by atoms with E-state index in [1.807, 2.05) is 12.1 Å². The van der Waals surface area contributed by atoms with Crippen molar-refractivity contribution in [3.05, 3.63) is 58.6 Å². The Morgan fingerprint density at radius 1 is 1.17 bits per heavy atom. The van der Waals surface area contributed by atoms with Gasteiger partial charge in [0.25, 0.3) is 5.91 Å². The van der Waals surface area contributed by atoms with Crippen LogP contribution >= 0.6 is 11.6 Å². The highest BCUT2D eigenvalue weighted by Gasteiger charge is 2.12. The topological polar surface area (TPSA) is 64.6 Å². The minimum Gasteiger partial charge on any atom is -0.497 e. The summed E-state index contributed by atoms with van der Waals surface area (Å²) in [5, 5.41) is 3.35. The van der Waals surface area contributed by atoms with Crippen LogP contribution in [0.25, 0.3) is 0 Å². The number of hydrogen-bond donors (Lipinski definition) is 1. The third-order valence-corrected chi connectivity index (χ3v) is 3.54. The normalized spacial score (nSPS) is 10.1. The number of halogens is 1. The van der Waals surface area contributed by atoms with Crippen molar-refractivity contribution in [1.82, 2.24) is 5.32 Å². The van der Waals surface area contributed by atoms with Gasteiger partial charge < -0.3 is 14.8 Å². The molecule has 0 spiro atoms. The molecule has 1 N–H and O–H groups in total. The van der Waals surface area contributed by atoms with Gasteiger partial charge in [0, 0.05) is 11.6 Å². The van der Waals surface area contributed by atoms with Crippen LogP contribution in [-0.2, 0) is 11.3 Å². The lowest BCUT2D eigenvalue weighted by atomic mass is 10.1. The molecule has 126 valence electrons. The molecule has 0 aromatic heterocycles. The van der Waals surface area contributed by atoms with Crippen molar-refractivity contribution in [1.29, 1.82) is 0 Å². The number of methoxy groups -OCH3 is 1. The lowest BCUT2D eigenvalue weighted by molar-refractivity contribution is -0.123. The maximum absolute atomic E-state index is 11.9. The number of carbonyl (C=O) groups excluding carboxylic acids is 2. The minimum absolute atomic E-state index is 0.164. The van der Waals surface area contributed by atoms with Crippen molar-refractivity contribution in [3.63, 3.8) is 0 Å². The average Bonchev–Trinajstić information content (AvgIpc) is 2.58. The average molecular weight is 348 g/mol. The summed E-state index contributed by atoms with van der Waals surface area (Å²) in [7, 11) is 1.52. The molecule has 2 rings (SSSR count).